The van der Waals surface area contributed by atoms with E-state index in [1.807, 2.05) is 6.07 Å². The summed E-state index contributed by atoms with van der Waals surface area (Å²) in [5.74, 6) is 3.11. The SMILES string of the molecule is COCOc1cc(CC2C(=C(C)C)C(C=O)C3CCCCC23)ccc1OC. The maximum Gasteiger partial charge on any atom is 0.188 e. The van der Waals surface area contributed by atoms with Gasteiger partial charge in [-0.15, -0.1) is 0 Å². The predicted octanol–water partition coefficient (Wildman–Crippen LogP) is 4.81. The van der Waals surface area contributed by atoms with Crippen molar-refractivity contribution < 1.29 is 19.0 Å². The minimum absolute atomic E-state index is 0.104. The van der Waals surface area contributed by atoms with Crippen LogP contribution >= 0.6 is 0 Å². The van der Waals surface area contributed by atoms with E-state index in [0.29, 0.717) is 29.3 Å². The molecule has 2 fully saturated rings. The van der Waals surface area contributed by atoms with Gasteiger partial charge in [-0.2, -0.15) is 0 Å². The number of hydrogen-bond donors (Lipinski definition) is 0. The summed E-state index contributed by atoms with van der Waals surface area (Å²) in [7, 11) is 3.26. The van der Waals surface area contributed by atoms with Gasteiger partial charge in [0.25, 0.3) is 0 Å². The zero-order valence-electron chi connectivity index (χ0n) is 17.0. The highest BCUT2D eigenvalue weighted by Gasteiger charge is 2.47. The van der Waals surface area contributed by atoms with Crippen LogP contribution in [0, 0.1) is 23.7 Å². The zero-order valence-corrected chi connectivity index (χ0v) is 17.0. The molecule has 0 bridgehead atoms. The largest absolute Gasteiger partial charge is 0.493 e. The number of methoxy groups -OCH3 is 2. The first kappa shape index (κ1) is 19.9. The highest BCUT2D eigenvalue weighted by Crippen LogP contribution is 2.53. The van der Waals surface area contributed by atoms with Crippen LogP contribution in [-0.2, 0) is 16.0 Å². The molecule has 27 heavy (non-hydrogen) atoms. The van der Waals surface area contributed by atoms with E-state index in [9.17, 15) is 4.79 Å². The molecule has 0 saturated heterocycles. The number of hydrogen-bond acceptors (Lipinski definition) is 4. The van der Waals surface area contributed by atoms with Gasteiger partial charge in [-0.3, -0.25) is 0 Å². The Labute approximate surface area is 162 Å². The van der Waals surface area contributed by atoms with Gasteiger partial charge >= 0.3 is 0 Å². The first-order valence-electron chi connectivity index (χ1n) is 10.0. The molecular weight excluding hydrogens is 340 g/mol. The van der Waals surface area contributed by atoms with E-state index in [1.54, 1.807) is 14.2 Å². The molecule has 0 amide bonds. The second kappa shape index (κ2) is 8.92. The second-order valence-corrected chi connectivity index (χ2v) is 8.08. The molecule has 148 valence electrons. The quantitative estimate of drug-likeness (QED) is 0.391. The summed E-state index contributed by atoms with van der Waals surface area (Å²) in [6.07, 6.45) is 7.12. The number of ether oxygens (including phenoxy) is 3. The van der Waals surface area contributed by atoms with E-state index < -0.39 is 0 Å². The lowest BCUT2D eigenvalue weighted by atomic mass is 9.75. The van der Waals surface area contributed by atoms with Gasteiger partial charge in [0.1, 0.15) is 6.29 Å². The van der Waals surface area contributed by atoms with Crippen molar-refractivity contribution >= 4 is 6.29 Å². The lowest BCUT2D eigenvalue weighted by molar-refractivity contribution is -0.111. The molecule has 0 spiro atoms. The Morgan fingerprint density at radius 1 is 1.11 bits per heavy atom. The van der Waals surface area contributed by atoms with Crippen LogP contribution in [0.5, 0.6) is 11.5 Å². The Balaban J connectivity index is 1.90. The molecule has 0 radical (unpaired) electrons. The van der Waals surface area contributed by atoms with E-state index in [-0.39, 0.29) is 12.7 Å². The maximum absolute atomic E-state index is 11.9. The number of aldehydes is 1. The van der Waals surface area contributed by atoms with Crippen molar-refractivity contribution in [1.82, 2.24) is 0 Å². The van der Waals surface area contributed by atoms with Crippen molar-refractivity contribution in [3.05, 3.63) is 34.9 Å². The van der Waals surface area contributed by atoms with E-state index in [2.05, 4.69) is 26.0 Å². The molecule has 4 unspecified atom stereocenters. The van der Waals surface area contributed by atoms with Crippen LogP contribution in [0.15, 0.2) is 29.3 Å². The normalized spacial score (nSPS) is 27.2. The van der Waals surface area contributed by atoms with Gasteiger partial charge in [0.15, 0.2) is 18.3 Å². The fourth-order valence-electron chi connectivity index (χ4n) is 5.32. The minimum atomic E-state index is 0.104. The Kier molecular flexibility index (Phi) is 6.59. The lowest BCUT2D eigenvalue weighted by Crippen LogP contribution is -2.23. The highest BCUT2D eigenvalue weighted by molar-refractivity contribution is 5.62. The molecule has 2 aliphatic rings. The molecule has 0 aliphatic heterocycles. The van der Waals surface area contributed by atoms with Crippen molar-refractivity contribution in [2.45, 2.75) is 46.0 Å². The number of benzene rings is 1. The topological polar surface area (TPSA) is 44.8 Å². The van der Waals surface area contributed by atoms with Gasteiger partial charge in [-0.1, -0.05) is 30.1 Å². The smallest absolute Gasteiger partial charge is 0.188 e. The van der Waals surface area contributed by atoms with Crippen LogP contribution in [-0.4, -0.2) is 27.3 Å². The van der Waals surface area contributed by atoms with E-state index >= 15 is 0 Å². The standard InChI is InChI=1S/C23H32O4/c1-15(2)23-19(17-7-5-6-8-18(17)20(23)13-24)11-16-9-10-21(26-4)22(12-16)27-14-25-3/h9-10,12-13,17-20H,5-8,11,14H2,1-4H3. The molecule has 4 atom stereocenters. The van der Waals surface area contributed by atoms with Crippen molar-refractivity contribution in [1.29, 1.82) is 0 Å². The third kappa shape index (κ3) is 4.06. The van der Waals surface area contributed by atoms with Crippen LogP contribution < -0.4 is 9.47 Å². The van der Waals surface area contributed by atoms with Gasteiger partial charge in [-0.05, 0) is 68.6 Å². The third-order valence-corrected chi connectivity index (χ3v) is 6.35. The van der Waals surface area contributed by atoms with E-state index in [1.165, 1.54) is 48.7 Å². The van der Waals surface area contributed by atoms with E-state index in [4.69, 9.17) is 14.2 Å². The maximum atomic E-state index is 11.9. The summed E-state index contributed by atoms with van der Waals surface area (Å²) < 4.78 is 16.1. The van der Waals surface area contributed by atoms with Gasteiger partial charge in [0.05, 0.1) is 7.11 Å². The Morgan fingerprint density at radius 3 is 2.48 bits per heavy atom. The number of carbonyl (C=O) groups excluding carboxylic acids is 1. The second-order valence-electron chi connectivity index (χ2n) is 8.08. The van der Waals surface area contributed by atoms with Crippen molar-refractivity contribution in [3.63, 3.8) is 0 Å². The molecule has 4 heteroatoms. The molecule has 0 N–H and O–H groups in total. The summed E-state index contributed by atoms with van der Waals surface area (Å²) >= 11 is 0. The van der Waals surface area contributed by atoms with Gasteiger partial charge in [0.2, 0.25) is 0 Å². The van der Waals surface area contributed by atoms with E-state index in [0.717, 1.165) is 6.42 Å². The minimum Gasteiger partial charge on any atom is -0.493 e. The fraction of sp³-hybridized carbons (Fsp3) is 0.609. The molecule has 0 aromatic heterocycles. The molecule has 1 aromatic rings. The predicted molar refractivity (Wildman–Crippen MR) is 106 cm³/mol. The molecule has 2 aliphatic carbocycles. The number of carbonyl (C=O) groups is 1. The van der Waals surface area contributed by atoms with Crippen LogP contribution in [0.4, 0.5) is 0 Å². The van der Waals surface area contributed by atoms with Gasteiger partial charge in [-0.25, -0.2) is 0 Å². The van der Waals surface area contributed by atoms with Crippen LogP contribution in [0.1, 0.15) is 45.1 Å². The first-order valence-corrected chi connectivity index (χ1v) is 10.0. The van der Waals surface area contributed by atoms with Crippen LogP contribution in [0.2, 0.25) is 0 Å². The number of fused-ring (bicyclic) bond motifs is 1. The van der Waals surface area contributed by atoms with Crippen molar-refractivity contribution in [2.24, 2.45) is 23.7 Å². The number of allylic oxidation sites excluding steroid dienone is 2. The molecule has 1 aromatic carbocycles. The molecule has 4 nitrogen and oxygen atoms in total. The average Bonchev–Trinajstić information content (AvgIpc) is 3.00. The fourth-order valence-corrected chi connectivity index (χ4v) is 5.32. The van der Waals surface area contributed by atoms with Crippen molar-refractivity contribution in [2.75, 3.05) is 21.0 Å². The van der Waals surface area contributed by atoms with Gasteiger partial charge in [0, 0.05) is 13.0 Å². The Hall–Kier alpha value is -1.81. The average molecular weight is 373 g/mol. The van der Waals surface area contributed by atoms with Crippen LogP contribution in [0.3, 0.4) is 0 Å². The molecule has 0 heterocycles. The third-order valence-electron chi connectivity index (χ3n) is 6.35. The molecular formula is C23H32O4. The van der Waals surface area contributed by atoms with Gasteiger partial charge < -0.3 is 19.0 Å². The summed E-state index contributed by atoms with van der Waals surface area (Å²) in [6.45, 7) is 4.52. The Morgan fingerprint density at radius 2 is 1.85 bits per heavy atom. The lowest BCUT2D eigenvalue weighted by Gasteiger charge is -2.30. The molecule has 2 saturated carbocycles. The van der Waals surface area contributed by atoms with Crippen molar-refractivity contribution in [3.8, 4) is 11.5 Å². The Bertz CT molecular complexity index is 690. The first-order chi connectivity index (χ1) is 13.1. The zero-order chi connectivity index (χ0) is 19.4. The monoisotopic (exact) mass is 372 g/mol. The summed E-state index contributed by atoms with van der Waals surface area (Å²) in [5, 5.41) is 0. The summed E-state index contributed by atoms with van der Waals surface area (Å²) in [5.41, 5.74) is 3.93. The number of rotatable bonds is 7. The highest BCUT2D eigenvalue weighted by atomic mass is 16.7. The summed E-state index contributed by atoms with van der Waals surface area (Å²) in [4.78, 5) is 11.9. The van der Waals surface area contributed by atoms with Crippen LogP contribution in [0.25, 0.3) is 0 Å². The summed E-state index contributed by atoms with van der Waals surface area (Å²) in [6, 6.07) is 6.15. The molecule has 3 rings (SSSR count).